The van der Waals surface area contributed by atoms with Gasteiger partial charge in [0.15, 0.2) is 0 Å². The summed E-state index contributed by atoms with van der Waals surface area (Å²) in [6, 6.07) is 5.95. The second-order valence-electron chi connectivity index (χ2n) is 3.61. The molecule has 5 nitrogen and oxygen atoms in total. The van der Waals surface area contributed by atoms with E-state index in [-0.39, 0.29) is 6.54 Å². The lowest BCUT2D eigenvalue weighted by Crippen LogP contribution is -1.96. The highest BCUT2D eigenvalue weighted by atomic mass is 16.5. The Kier molecular flexibility index (Phi) is 2.11. The Morgan fingerprint density at radius 1 is 1.38 bits per heavy atom. The predicted molar refractivity (Wildman–Crippen MR) is 56.8 cm³/mol. The van der Waals surface area contributed by atoms with E-state index in [0.717, 1.165) is 17.7 Å². The second kappa shape index (κ2) is 3.61. The summed E-state index contributed by atoms with van der Waals surface area (Å²) in [4.78, 5) is 4.19. The smallest absolute Gasteiger partial charge is 0.240 e. The molecule has 0 radical (unpaired) electrons. The SMILES string of the molecule is NCc1nc(-c2cccc3c2OCC3)no1. The molecule has 1 aromatic carbocycles. The number of nitrogens with two attached hydrogens (primary N) is 1. The van der Waals surface area contributed by atoms with Crippen LogP contribution in [0.25, 0.3) is 11.4 Å². The Labute approximate surface area is 92.2 Å². The van der Waals surface area contributed by atoms with E-state index in [0.29, 0.717) is 18.3 Å². The van der Waals surface area contributed by atoms with Crippen LogP contribution < -0.4 is 10.5 Å². The minimum Gasteiger partial charge on any atom is -0.492 e. The molecule has 0 atom stereocenters. The minimum atomic E-state index is 0.253. The molecule has 1 aliphatic rings. The lowest BCUT2D eigenvalue weighted by molar-refractivity contribution is 0.357. The van der Waals surface area contributed by atoms with Crippen LogP contribution in [0.1, 0.15) is 11.5 Å². The topological polar surface area (TPSA) is 74.2 Å². The highest BCUT2D eigenvalue weighted by Crippen LogP contribution is 2.35. The number of hydrogen-bond donors (Lipinski definition) is 1. The van der Waals surface area contributed by atoms with Crippen molar-refractivity contribution in [3.8, 4) is 17.1 Å². The Hall–Kier alpha value is -1.88. The summed E-state index contributed by atoms with van der Waals surface area (Å²) in [5.74, 6) is 1.84. The molecular weight excluding hydrogens is 206 g/mol. The average Bonchev–Trinajstić information content (AvgIpc) is 2.97. The van der Waals surface area contributed by atoms with Crippen molar-refractivity contribution >= 4 is 0 Å². The molecule has 0 amide bonds. The van der Waals surface area contributed by atoms with Crippen LogP contribution in [0.2, 0.25) is 0 Å². The van der Waals surface area contributed by atoms with Crippen molar-refractivity contribution in [2.24, 2.45) is 5.73 Å². The molecular formula is C11H11N3O2. The van der Waals surface area contributed by atoms with E-state index in [2.05, 4.69) is 16.2 Å². The maximum absolute atomic E-state index is 5.57. The zero-order valence-corrected chi connectivity index (χ0v) is 8.64. The number of hydrogen-bond acceptors (Lipinski definition) is 5. The molecule has 0 fully saturated rings. The molecule has 2 aromatic rings. The van der Waals surface area contributed by atoms with Gasteiger partial charge in [-0.25, -0.2) is 0 Å². The first kappa shape index (κ1) is 9.35. The van der Waals surface area contributed by atoms with Crippen LogP contribution in [0.15, 0.2) is 22.7 Å². The van der Waals surface area contributed by atoms with Gasteiger partial charge in [-0.3, -0.25) is 0 Å². The summed E-state index contributed by atoms with van der Waals surface area (Å²) in [6.07, 6.45) is 0.935. The van der Waals surface area contributed by atoms with Crippen LogP contribution in [0, 0.1) is 0 Å². The van der Waals surface area contributed by atoms with Crippen molar-refractivity contribution in [2.75, 3.05) is 6.61 Å². The largest absolute Gasteiger partial charge is 0.492 e. The van der Waals surface area contributed by atoms with Crippen LogP contribution in [-0.2, 0) is 13.0 Å². The molecule has 0 spiro atoms. The molecule has 16 heavy (non-hydrogen) atoms. The van der Waals surface area contributed by atoms with E-state index in [4.69, 9.17) is 15.0 Å². The van der Waals surface area contributed by atoms with Crippen molar-refractivity contribution in [2.45, 2.75) is 13.0 Å². The summed E-state index contributed by atoms with van der Waals surface area (Å²) in [7, 11) is 0. The first-order valence-electron chi connectivity index (χ1n) is 5.16. The number of rotatable bonds is 2. The van der Waals surface area contributed by atoms with Crippen LogP contribution in [0.4, 0.5) is 0 Å². The molecule has 2 heterocycles. The Bertz CT molecular complexity index is 522. The third kappa shape index (κ3) is 1.37. The number of aromatic nitrogens is 2. The fourth-order valence-electron chi connectivity index (χ4n) is 1.84. The normalized spacial score (nSPS) is 13.6. The quantitative estimate of drug-likeness (QED) is 0.816. The van der Waals surface area contributed by atoms with Gasteiger partial charge in [-0.05, 0) is 11.6 Å². The third-order valence-corrected chi connectivity index (χ3v) is 2.60. The zero-order chi connectivity index (χ0) is 11.0. The van der Waals surface area contributed by atoms with Gasteiger partial charge in [0, 0.05) is 6.42 Å². The van der Waals surface area contributed by atoms with Gasteiger partial charge in [-0.1, -0.05) is 17.3 Å². The van der Waals surface area contributed by atoms with Crippen LogP contribution >= 0.6 is 0 Å². The van der Waals surface area contributed by atoms with Crippen LogP contribution in [-0.4, -0.2) is 16.7 Å². The van der Waals surface area contributed by atoms with E-state index < -0.39 is 0 Å². The molecule has 0 aliphatic carbocycles. The van der Waals surface area contributed by atoms with E-state index in [9.17, 15) is 0 Å². The maximum atomic E-state index is 5.57. The van der Waals surface area contributed by atoms with Crippen molar-refractivity contribution < 1.29 is 9.26 Å². The van der Waals surface area contributed by atoms with Gasteiger partial charge in [-0.15, -0.1) is 0 Å². The van der Waals surface area contributed by atoms with E-state index in [1.165, 1.54) is 5.56 Å². The monoisotopic (exact) mass is 217 g/mol. The summed E-state index contributed by atoms with van der Waals surface area (Å²) in [5, 5.41) is 3.89. The molecule has 0 bridgehead atoms. The Morgan fingerprint density at radius 3 is 3.12 bits per heavy atom. The summed E-state index contributed by atoms with van der Waals surface area (Å²) >= 11 is 0. The molecule has 82 valence electrons. The van der Waals surface area contributed by atoms with Gasteiger partial charge < -0.3 is 15.0 Å². The highest BCUT2D eigenvalue weighted by Gasteiger charge is 2.19. The van der Waals surface area contributed by atoms with Gasteiger partial charge in [-0.2, -0.15) is 4.98 Å². The van der Waals surface area contributed by atoms with E-state index >= 15 is 0 Å². The van der Waals surface area contributed by atoms with Crippen molar-refractivity contribution in [3.63, 3.8) is 0 Å². The number of ether oxygens (including phenoxy) is 1. The molecule has 1 aliphatic heterocycles. The lowest BCUT2D eigenvalue weighted by Gasteiger charge is -2.02. The highest BCUT2D eigenvalue weighted by molar-refractivity contribution is 5.67. The summed E-state index contributed by atoms with van der Waals surface area (Å²) in [5.41, 5.74) is 7.49. The second-order valence-corrected chi connectivity index (χ2v) is 3.61. The summed E-state index contributed by atoms with van der Waals surface area (Å²) < 4.78 is 10.6. The van der Waals surface area contributed by atoms with Gasteiger partial charge in [0.25, 0.3) is 0 Å². The first-order chi connectivity index (χ1) is 7.88. The van der Waals surface area contributed by atoms with Crippen molar-refractivity contribution in [3.05, 3.63) is 29.7 Å². The maximum Gasteiger partial charge on any atom is 0.240 e. The fraction of sp³-hybridized carbons (Fsp3) is 0.273. The van der Waals surface area contributed by atoms with Gasteiger partial charge in [0.1, 0.15) is 5.75 Å². The molecule has 3 rings (SSSR count). The van der Waals surface area contributed by atoms with Gasteiger partial charge >= 0.3 is 0 Å². The molecule has 0 saturated heterocycles. The van der Waals surface area contributed by atoms with Gasteiger partial charge in [0.05, 0.1) is 18.7 Å². The number of nitrogens with zero attached hydrogens (tertiary/aromatic N) is 2. The number of para-hydroxylation sites is 1. The Balaban J connectivity index is 2.09. The standard InChI is InChI=1S/C11H11N3O2/c12-6-9-13-11(14-16-9)8-3-1-2-7-4-5-15-10(7)8/h1-3H,4-6,12H2. The minimum absolute atomic E-state index is 0.253. The first-order valence-corrected chi connectivity index (χ1v) is 5.16. The zero-order valence-electron chi connectivity index (χ0n) is 8.64. The molecule has 0 unspecified atom stereocenters. The Morgan fingerprint density at radius 2 is 2.31 bits per heavy atom. The van der Waals surface area contributed by atoms with Gasteiger partial charge in [0.2, 0.25) is 11.7 Å². The molecule has 5 heteroatoms. The average molecular weight is 217 g/mol. The summed E-state index contributed by atoms with van der Waals surface area (Å²) in [6.45, 7) is 0.969. The molecule has 2 N–H and O–H groups in total. The molecule has 0 saturated carbocycles. The van der Waals surface area contributed by atoms with Crippen LogP contribution in [0.3, 0.4) is 0 Å². The van der Waals surface area contributed by atoms with Crippen molar-refractivity contribution in [1.29, 1.82) is 0 Å². The fourth-order valence-corrected chi connectivity index (χ4v) is 1.84. The van der Waals surface area contributed by atoms with Crippen LogP contribution in [0.5, 0.6) is 5.75 Å². The number of benzene rings is 1. The predicted octanol–water partition coefficient (Wildman–Crippen LogP) is 1.13. The van der Waals surface area contributed by atoms with E-state index in [1.54, 1.807) is 0 Å². The number of fused-ring (bicyclic) bond motifs is 1. The lowest BCUT2D eigenvalue weighted by atomic mass is 10.1. The third-order valence-electron chi connectivity index (χ3n) is 2.60. The van der Waals surface area contributed by atoms with Crippen molar-refractivity contribution in [1.82, 2.24) is 10.1 Å². The van der Waals surface area contributed by atoms with E-state index in [1.807, 2.05) is 12.1 Å². The molecule has 1 aromatic heterocycles.